The molecule has 5 heteroatoms. The van der Waals surface area contributed by atoms with Crippen molar-refractivity contribution in [3.05, 3.63) is 51.3 Å². The molecule has 0 unspecified atom stereocenters. The molecule has 0 saturated heterocycles. The van der Waals surface area contributed by atoms with Gasteiger partial charge in [0, 0.05) is 5.56 Å². The van der Waals surface area contributed by atoms with Crippen molar-refractivity contribution in [2.24, 2.45) is 0 Å². The Hall–Kier alpha value is -3.05. The lowest BCUT2D eigenvalue weighted by Gasteiger charge is -2.09. The number of aryl methyl sites for hydroxylation is 1. The van der Waals surface area contributed by atoms with Crippen LogP contribution in [0.3, 0.4) is 0 Å². The van der Waals surface area contributed by atoms with E-state index in [4.69, 9.17) is 5.73 Å². The van der Waals surface area contributed by atoms with E-state index in [1.165, 1.54) is 18.4 Å². The lowest BCUT2D eigenvalue weighted by molar-refractivity contribution is 0.717. The van der Waals surface area contributed by atoms with E-state index in [1.54, 1.807) is 0 Å². The average molecular weight is 306 g/mol. The van der Waals surface area contributed by atoms with Crippen molar-refractivity contribution >= 4 is 5.82 Å². The number of benzene rings is 1. The van der Waals surface area contributed by atoms with Crippen LogP contribution in [0.25, 0.3) is 11.1 Å². The van der Waals surface area contributed by atoms with Crippen molar-refractivity contribution in [1.29, 1.82) is 10.5 Å². The number of anilines is 1. The number of H-pyrrole nitrogens is 1. The van der Waals surface area contributed by atoms with Crippen LogP contribution < -0.4 is 11.3 Å². The van der Waals surface area contributed by atoms with Crippen LogP contribution in [0, 0.1) is 22.7 Å². The molecular formula is C18H18N4O. The summed E-state index contributed by atoms with van der Waals surface area (Å²) in [7, 11) is 0. The Balaban J connectivity index is 2.48. The van der Waals surface area contributed by atoms with E-state index in [0.29, 0.717) is 11.1 Å². The maximum atomic E-state index is 11.9. The maximum Gasteiger partial charge on any atom is 0.268 e. The number of aromatic amines is 1. The van der Waals surface area contributed by atoms with Crippen molar-refractivity contribution in [1.82, 2.24) is 4.98 Å². The van der Waals surface area contributed by atoms with E-state index in [0.717, 1.165) is 12.8 Å². The zero-order valence-corrected chi connectivity index (χ0v) is 13.0. The molecule has 1 aromatic carbocycles. The Bertz CT molecular complexity index is 836. The molecule has 0 aliphatic carbocycles. The topological polar surface area (TPSA) is 106 Å². The van der Waals surface area contributed by atoms with Gasteiger partial charge in [-0.15, -0.1) is 0 Å². The summed E-state index contributed by atoms with van der Waals surface area (Å²) in [6, 6.07) is 11.4. The minimum absolute atomic E-state index is 0.0153. The Morgan fingerprint density at radius 1 is 1.09 bits per heavy atom. The summed E-state index contributed by atoms with van der Waals surface area (Å²) in [6.07, 6.45) is 4.47. The first-order chi connectivity index (χ1) is 11.1. The van der Waals surface area contributed by atoms with Gasteiger partial charge < -0.3 is 10.7 Å². The minimum Gasteiger partial charge on any atom is -0.384 e. The van der Waals surface area contributed by atoms with Gasteiger partial charge >= 0.3 is 0 Å². The molecular weight excluding hydrogens is 288 g/mol. The number of nitrogens with two attached hydrogens (primary N) is 1. The highest BCUT2D eigenvalue weighted by Crippen LogP contribution is 2.28. The summed E-state index contributed by atoms with van der Waals surface area (Å²) in [6.45, 7) is 2.16. The fourth-order valence-electron chi connectivity index (χ4n) is 2.55. The molecule has 2 aromatic rings. The molecule has 0 fully saturated rings. The summed E-state index contributed by atoms with van der Waals surface area (Å²) in [5, 5.41) is 18.6. The first kappa shape index (κ1) is 16.3. The number of unbranched alkanes of at least 4 members (excludes halogenated alkanes) is 2. The zero-order chi connectivity index (χ0) is 16.8. The van der Waals surface area contributed by atoms with Crippen molar-refractivity contribution in [3.63, 3.8) is 0 Å². The second kappa shape index (κ2) is 7.29. The van der Waals surface area contributed by atoms with Gasteiger partial charge in [-0.1, -0.05) is 44.0 Å². The fraction of sp³-hybridized carbons (Fsp3) is 0.278. The summed E-state index contributed by atoms with van der Waals surface area (Å²) in [4.78, 5) is 14.2. The Labute approximate surface area is 135 Å². The molecule has 0 aliphatic rings. The predicted octanol–water partition coefficient (Wildman–Crippen LogP) is 3.10. The highest BCUT2D eigenvalue weighted by Gasteiger charge is 2.17. The number of aromatic nitrogens is 1. The number of hydrogen-bond acceptors (Lipinski definition) is 4. The van der Waals surface area contributed by atoms with E-state index in [-0.39, 0.29) is 16.9 Å². The van der Waals surface area contributed by atoms with Gasteiger partial charge in [-0.2, -0.15) is 10.5 Å². The van der Waals surface area contributed by atoms with Crippen molar-refractivity contribution in [2.75, 3.05) is 5.73 Å². The standard InChI is InChI=1S/C18H18N4O/c1-2-3-4-5-12-6-8-13(9-7-12)16-14(10-19)17(21)22-18(23)15(16)11-20/h6-9H,2-5H2,1H3,(H3,21,22,23). The minimum atomic E-state index is -0.578. The van der Waals surface area contributed by atoms with E-state index < -0.39 is 5.56 Å². The van der Waals surface area contributed by atoms with Crippen LogP contribution in [0.15, 0.2) is 29.1 Å². The molecule has 0 bridgehead atoms. The highest BCUT2D eigenvalue weighted by molar-refractivity contribution is 5.80. The molecule has 116 valence electrons. The van der Waals surface area contributed by atoms with Crippen LogP contribution in [0.1, 0.15) is 42.9 Å². The number of hydrogen-bond donors (Lipinski definition) is 2. The third kappa shape index (κ3) is 3.41. The van der Waals surface area contributed by atoms with Gasteiger partial charge in [0.2, 0.25) is 0 Å². The number of nitriles is 2. The van der Waals surface area contributed by atoms with E-state index in [2.05, 4.69) is 11.9 Å². The lowest BCUT2D eigenvalue weighted by Crippen LogP contribution is -2.16. The molecule has 2 rings (SSSR count). The molecule has 0 radical (unpaired) electrons. The van der Waals surface area contributed by atoms with Crippen molar-refractivity contribution in [2.45, 2.75) is 32.6 Å². The van der Waals surface area contributed by atoms with Crippen LogP contribution in [0.5, 0.6) is 0 Å². The molecule has 0 spiro atoms. The zero-order valence-electron chi connectivity index (χ0n) is 13.0. The van der Waals surface area contributed by atoms with Crippen LogP contribution in [0.2, 0.25) is 0 Å². The number of nitrogens with one attached hydrogen (secondary N) is 1. The van der Waals surface area contributed by atoms with Crippen LogP contribution in [0.4, 0.5) is 5.82 Å². The second-order valence-corrected chi connectivity index (χ2v) is 5.37. The van der Waals surface area contributed by atoms with Crippen molar-refractivity contribution < 1.29 is 0 Å². The Morgan fingerprint density at radius 2 is 1.74 bits per heavy atom. The molecule has 0 amide bonds. The monoisotopic (exact) mass is 306 g/mol. The molecule has 1 aromatic heterocycles. The van der Waals surface area contributed by atoms with E-state index in [1.807, 2.05) is 36.4 Å². The number of rotatable bonds is 5. The van der Waals surface area contributed by atoms with Gasteiger partial charge in [0.15, 0.2) is 0 Å². The lowest BCUT2D eigenvalue weighted by atomic mass is 9.95. The van der Waals surface area contributed by atoms with Gasteiger partial charge in [-0.3, -0.25) is 4.79 Å². The number of nitrogens with zero attached hydrogens (tertiary/aromatic N) is 2. The largest absolute Gasteiger partial charge is 0.384 e. The summed E-state index contributed by atoms with van der Waals surface area (Å²) >= 11 is 0. The number of pyridine rings is 1. The third-order valence-electron chi connectivity index (χ3n) is 3.78. The molecule has 0 atom stereocenters. The molecule has 3 N–H and O–H groups in total. The van der Waals surface area contributed by atoms with Gasteiger partial charge in [0.25, 0.3) is 5.56 Å². The third-order valence-corrected chi connectivity index (χ3v) is 3.78. The van der Waals surface area contributed by atoms with Crippen LogP contribution >= 0.6 is 0 Å². The summed E-state index contributed by atoms with van der Waals surface area (Å²) in [5.74, 6) is -0.0153. The first-order valence-corrected chi connectivity index (χ1v) is 7.57. The van der Waals surface area contributed by atoms with Gasteiger partial charge in [-0.25, -0.2) is 0 Å². The van der Waals surface area contributed by atoms with Crippen LogP contribution in [-0.4, -0.2) is 4.98 Å². The quantitative estimate of drug-likeness (QED) is 0.827. The van der Waals surface area contributed by atoms with Gasteiger partial charge in [0.1, 0.15) is 29.1 Å². The normalized spacial score (nSPS) is 10.0. The highest BCUT2D eigenvalue weighted by atomic mass is 16.1. The Morgan fingerprint density at radius 3 is 2.30 bits per heavy atom. The maximum absolute atomic E-state index is 11.9. The Kier molecular flexibility index (Phi) is 5.17. The van der Waals surface area contributed by atoms with E-state index >= 15 is 0 Å². The van der Waals surface area contributed by atoms with Crippen molar-refractivity contribution in [3.8, 4) is 23.3 Å². The molecule has 23 heavy (non-hydrogen) atoms. The van der Waals surface area contributed by atoms with E-state index in [9.17, 15) is 15.3 Å². The summed E-state index contributed by atoms with van der Waals surface area (Å²) in [5.41, 5.74) is 7.32. The molecule has 1 heterocycles. The number of nitrogen functional groups attached to an aromatic ring is 1. The molecule has 0 saturated carbocycles. The smallest absolute Gasteiger partial charge is 0.268 e. The second-order valence-electron chi connectivity index (χ2n) is 5.37. The van der Waals surface area contributed by atoms with Gasteiger partial charge in [-0.05, 0) is 24.0 Å². The predicted molar refractivity (Wildman–Crippen MR) is 89.6 cm³/mol. The van der Waals surface area contributed by atoms with Gasteiger partial charge in [0.05, 0.1) is 0 Å². The molecule has 0 aliphatic heterocycles. The first-order valence-electron chi connectivity index (χ1n) is 7.57. The molecule has 5 nitrogen and oxygen atoms in total. The fourth-order valence-corrected chi connectivity index (χ4v) is 2.55. The average Bonchev–Trinajstić information content (AvgIpc) is 2.55. The summed E-state index contributed by atoms with van der Waals surface area (Å²) < 4.78 is 0. The SMILES string of the molecule is CCCCCc1ccc(-c2c(C#N)c(N)[nH]c(=O)c2C#N)cc1. The van der Waals surface area contributed by atoms with Crippen LogP contribution in [-0.2, 0) is 6.42 Å².